The van der Waals surface area contributed by atoms with Crippen LogP contribution in [0.5, 0.6) is 0 Å². The molecule has 1 atom stereocenters. The lowest BCUT2D eigenvalue weighted by Crippen LogP contribution is -2.44. The summed E-state index contributed by atoms with van der Waals surface area (Å²) in [5.41, 5.74) is 1.00. The lowest BCUT2D eigenvalue weighted by Gasteiger charge is -2.20. The number of hydrogen-bond acceptors (Lipinski definition) is 5. The van der Waals surface area contributed by atoms with Crippen LogP contribution in [-0.2, 0) is 6.54 Å². The Morgan fingerprint density at radius 1 is 1.24 bits per heavy atom. The highest BCUT2D eigenvalue weighted by Crippen LogP contribution is 2.20. The molecule has 0 bridgehead atoms. The van der Waals surface area contributed by atoms with Crippen LogP contribution in [0.3, 0.4) is 0 Å². The molecule has 1 saturated heterocycles. The molecule has 3 heterocycles. The van der Waals surface area contributed by atoms with Gasteiger partial charge in [0.25, 0.3) is 0 Å². The molecule has 29 heavy (non-hydrogen) atoms. The van der Waals surface area contributed by atoms with E-state index in [4.69, 9.17) is 0 Å². The number of aliphatic imine (C=N–C) groups is 1. The second-order valence-electron chi connectivity index (χ2n) is 6.76. The molecular weight excluding hydrogens is 371 g/mol. The molecule has 2 aromatic heterocycles. The Morgan fingerprint density at radius 3 is 2.90 bits per heavy atom. The normalized spacial score (nSPS) is 16.8. The Labute approximate surface area is 168 Å². The van der Waals surface area contributed by atoms with Gasteiger partial charge >= 0.3 is 0 Å². The summed E-state index contributed by atoms with van der Waals surface area (Å²) in [5, 5.41) is 14.9. The van der Waals surface area contributed by atoms with Crippen molar-refractivity contribution >= 4 is 11.8 Å². The third-order valence-corrected chi connectivity index (χ3v) is 4.86. The maximum Gasteiger partial charge on any atom is 0.191 e. The Balaban J connectivity index is 1.35. The fourth-order valence-corrected chi connectivity index (χ4v) is 3.42. The Bertz CT molecular complexity index is 971. The average molecular weight is 394 g/mol. The van der Waals surface area contributed by atoms with Crippen LogP contribution >= 0.6 is 0 Å². The van der Waals surface area contributed by atoms with E-state index in [0.29, 0.717) is 24.9 Å². The van der Waals surface area contributed by atoms with Gasteiger partial charge in [-0.3, -0.25) is 9.56 Å². The molecular formula is C20H23FN8. The van der Waals surface area contributed by atoms with Crippen molar-refractivity contribution in [2.75, 3.05) is 25.0 Å². The second-order valence-corrected chi connectivity index (χ2v) is 6.76. The number of nitrogens with one attached hydrogen (secondary N) is 2. The minimum Gasteiger partial charge on any atom is -0.352 e. The number of para-hydroxylation sites is 1. The van der Waals surface area contributed by atoms with E-state index in [1.54, 1.807) is 25.6 Å². The van der Waals surface area contributed by atoms with Crippen molar-refractivity contribution < 1.29 is 4.39 Å². The molecule has 8 nitrogen and oxygen atoms in total. The summed E-state index contributed by atoms with van der Waals surface area (Å²) in [7, 11) is 1.72. The van der Waals surface area contributed by atoms with Gasteiger partial charge in [-0.05, 0) is 30.7 Å². The lowest BCUT2D eigenvalue weighted by molar-refractivity contribution is 0.612. The maximum atomic E-state index is 14.0. The van der Waals surface area contributed by atoms with Crippen LogP contribution in [0, 0.1) is 5.82 Å². The monoisotopic (exact) mass is 394 g/mol. The van der Waals surface area contributed by atoms with E-state index in [1.165, 1.54) is 6.07 Å². The molecule has 1 aliphatic heterocycles. The summed E-state index contributed by atoms with van der Waals surface area (Å²) < 4.78 is 15.9. The highest BCUT2D eigenvalue weighted by atomic mass is 19.1. The average Bonchev–Trinajstić information content (AvgIpc) is 3.41. The van der Waals surface area contributed by atoms with Crippen LogP contribution in [0.2, 0.25) is 0 Å². The summed E-state index contributed by atoms with van der Waals surface area (Å²) in [6.45, 7) is 1.87. The van der Waals surface area contributed by atoms with Crippen molar-refractivity contribution in [3.05, 3.63) is 66.6 Å². The third-order valence-electron chi connectivity index (χ3n) is 4.86. The first-order valence-electron chi connectivity index (χ1n) is 9.51. The van der Waals surface area contributed by atoms with E-state index >= 15 is 0 Å². The van der Waals surface area contributed by atoms with Crippen LogP contribution < -0.4 is 15.5 Å². The molecule has 0 spiro atoms. The van der Waals surface area contributed by atoms with Gasteiger partial charge in [-0.1, -0.05) is 18.2 Å². The molecule has 0 amide bonds. The predicted molar refractivity (Wildman–Crippen MR) is 110 cm³/mol. The first-order chi connectivity index (χ1) is 14.2. The molecule has 150 valence electrons. The summed E-state index contributed by atoms with van der Waals surface area (Å²) in [6, 6.07) is 13.1. The van der Waals surface area contributed by atoms with Crippen molar-refractivity contribution in [2.45, 2.75) is 19.0 Å². The summed E-state index contributed by atoms with van der Waals surface area (Å²) >= 11 is 0. The van der Waals surface area contributed by atoms with Crippen LogP contribution in [0.25, 0.3) is 5.69 Å². The Kier molecular flexibility index (Phi) is 5.64. The van der Waals surface area contributed by atoms with Crippen LogP contribution in [0.1, 0.15) is 12.2 Å². The quantitative estimate of drug-likeness (QED) is 0.507. The molecule has 3 aromatic rings. The zero-order valence-electron chi connectivity index (χ0n) is 16.2. The van der Waals surface area contributed by atoms with E-state index < -0.39 is 0 Å². The van der Waals surface area contributed by atoms with E-state index in [0.717, 1.165) is 24.5 Å². The summed E-state index contributed by atoms with van der Waals surface area (Å²) in [6.07, 6.45) is 4.18. The number of anilines is 1. The third kappa shape index (κ3) is 4.34. The zero-order valence-corrected chi connectivity index (χ0v) is 16.2. The first-order valence-corrected chi connectivity index (χ1v) is 9.51. The van der Waals surface area contributed by atoms with Crippen molar-refractivity contribution in [3.8, 4) is 5.69 Å². The number of hydrogen-bond donors (Lipinski definition) is 2. The van der Waals surface area contributed by atoms with Crippen LogP contribution in [0.4, 0.5) is 10.2 Å². The standard InChI is InChI=1S/C20H23FN8/c1-22-20(24-12-18-27-25-14-29(18)16-6-3-2-4-7-16)26-15-9-11-28(13-15)19-17(21)8-5-10-23-19/h2-8,10,14-15H,9,11-13H2,1H3,(H2,22,24,26). The van der Waals surface area contributed by atoms with E-state index in [1.807, 2.05) is 39.8 Å². The van der Waals surface area contributed by atoms with Gasteiger partial charge in [0.1, 0.15) is 6.33 Å². The van der Waals surface area contributed by atoms with E-state index in [2.05, 4.69) is 30.8 Å². The highest BCUT2D eigenvalue weighted by Gasteiger charge is 2.26. The molecule has 0 aliphatic carbocycles. The Morgan fingerprint density at radius 2 is 2.10 bits per heavy atom. The first kappa shape index (κ1) is 18.9. The molecule has 2 N–H and O–H groups in total. The van der Waals surface area contributed by atoms with Gasteiger partial charge in [-0.2, -0.15) is 0 Å². The number of rotatable bonds is 5. The fourth-order valence-electron chi connectivity index (χ4n) is 3.42. The lowest BCUT2D eigenvalue weighted by atomic mass is 10.3. The predicted octanol–water partition coefficient (Wildman–Crippen LogP) is 1.75. The molecule has 1 aromatic carbocycles. The van der Waals surface area contributed by atoms with Gasteiger partial charge in [-0.15, -0.1) is 10.2 Å². The summed E-state index contributed by atoms with van der Waals surface area (Å²) in [4.78, 5) is 10.4. The van der Waals surface area contributed by atoms with Gasteiger partial charge in [0.2, 0.25) is 0 Å². The van der Waals surface area contributed by atoms with Crippen LogP contribution in [-0.4, -0.2) is 51.9 Å². The minimum absolute atomic E-state index is 0.148. The maximum absolute atomic E-state index is 14.0. The van der Waals surface area contributed by atoms with Crippen molar-refractivity contribution in [1.82, 2.24) is 30.4 Å². The van der Waals surface area contributed by atoms with Gasteiger partial charge < -0.3 is 15.5 Å². The minimum atomic E-state index is -0.295. The van der Waals surface area contributed by atoms with Crippen molar-refractivity contribution in [3.63, 3.8) is 0 Å². The largest absolute Gasteiger partial charge is 0.352 e. The number of halogens is 1. The fraction of sp³-hybridized carbons (Fsp3) is 0.300. The van der Waals surface area contributed by atoms with Crippen molar-refractivity contribution in [1.29, 1.82) is 0 Å². The number of aromatic nitrogens is 4. The van der Waals surface area contributed by atoms with Crippen molar-refractivity contribution in [2.24, 2.45) is 4.99 Å². The van der Waals surface area contributed by atoms with Gasteiger partial charge in [0.05, 0.1) is 6.54 Å². The number of benzene rings is 1. The molecule has 1 unspecified atom stereocenters. The number of guanidine groups is 1. The molecule has 9 heteroatoms. The number of nitrogens with zero attached hydrogens (tertiary/aromatic N) is 6. The summed E-state index contributed by atoms with van der Waals surface area (Å²) in [5.74, 6) is 1.55. The molecule has 1 aliphatic rings. The van der Waals surface area contributed by atoms with Gasteiger partial charge in [-0.25, -0.2) is 9.37 Å². The molecule has 4 rings (SSSR count). The van der Waals surface area contributed by atoms with E-state index in [9.17, 15) is 4.39 Å². The van der Waals surface area contributed by atoms with Gasteiger partial charge in [0, 0.05) is 38.1 Å². The second kappa shape index (κ2) is 8.68. The highest BCUT2D eigenvalue weighted by molar-refractivity contribution is 5.80. The molecule has 0 saturated carbocycles. The van der Waals surface area contributed by atoms with E-state index in [-0.39, 0.29) is 11.9 Å². The molecule has 1 fully saturated rings. The SMILES string of the molecule is CN=C(NCc1nncn1-c1ccccc1)NC1CCN(c2ncccc2F)C1. The van der Waals surface area contributed by atoms with Gasteiger partial charge in [0.15, 0.2) is 23.4 Å². The Hall–Kier alpha value is -3.49. The molecule has 0 radical (unpaired) electrons. The zero-order chi connectivity index (χ0) is 20.1. The van der Waals surface area contributed by atoms with Crippen LogP contribution in [0.15, 0.2) is 60.0 Å². The smallest absolute Gasteiger partial charge is 0.191 e. The topological polar surface area (TPSA) is 83.3 Å². The number of pyridine rings is 1.